The van der Waals surface area contributed by atoms with E-state index in [9.17, 15) is 4.79 Å². The fraction of sp³-hybridized carbons (Fsp3) is 0.688. The quantitative estimate of drug-likeness (QED) is 0.878. The molecule has 1 aliphatic carbocycles. The summed E-state index contributed by atoms with van der Waals surface area (Å²) in [4.78, 5) is 15.9. The first-order valence-electron chi connectivity index (χ1n) is 7.89. The predicted molar refractivity (Wildman–Crippen MR) is 84.7 cm³/mol. The lowest BCUT2D eigenvalue weighted by Gasteiger charge is -2.27. The molecule has 0 spiro atoms. The second-order valence-corrected chi connectivity index (χ2v) is 7.28. The van der Waals surface area contributed by atoms with Gasteiger partial charge in [-0.3, -0.25) is 0 Å². The molecule has 2 aliphatic rings. The van der Waals surface area contributed by atoms with Crippen LogP contribution in [0.5, 0.6) is 0 Å². The van der Waals surface area contributed by atoms with E-state index in [1.54, 1.807) is 11.3 Å². The molecule has 1 aromatic heterocycles. The summed E-state index contributed by atoms with van der Waals surface area (Å²) in [6, 6.07) is 4.93. The number of hydrogen-bond donors (Lipinski definition) is 1. The lowest BCUT2D eigenvalue weighted by atomic mass is 10.1. The first-order chi connectivity index (χ1) is 10.2. The number of nitrogens with zero attached hydrogens (tertiary/aromatic N) is 1. The minimum absolute atomic E-state index is 0.105. The minimum Gasteiger partial charge on any atom is -0.381 e. The first kappa shape index (κ1) is 14.9. The van der Waals surface area contributed by atoms with Gasteiger partial charge >= 0.3 is 6.03 Å². The lowest BCUT2D eigenvalue weighted by molar-refractivity contribution is 0.160. The number of hydrogen-bond acceptors (Lipinski definition) is 3. The van der Waals surface area contributed by atoms with Gasteiger partial charge in [0.1, 0.15) is 0 Å². The molecule has 2 amide bonds. The summed E-state index contributed by atoms with van der Waals surface area (Å²) >= 11 is 1.75. The van der Waals surface area contributed by atoms with E-state index in [0.29, 0.717) is 12.0 Å². The molecule has 2 atom stereocenters. The molecule has 116 valence electrons. The highest BCUT2D eigenvalue weighted by atomic mass is 32.1. The topological polar surface area (TPSA) is 41.6 Å². The van der Waals surface area contributed by atoms with Crippen molar-refractivity contribution in [2.75, 3.05) is 19.8 Å². The summed E-state index contributed by atoms with van der Waals surface area (Å²) in [5, 5.41) is 5.25. The molecule has 2 fully saturated rings. The van der Waals surface area contributed by atoms with Crippen molar-refractivity contribution in [1.82, 2.24) is 10.2 Å². The summed E-state index contributed by atoms with van der Waals surface area (Å²) in [5.41, 5.74) is 0. The van der Waals surface area contributed by atoms with Crippen LogP contribution in [0.3, 0.4) is 0 Å². The van der Waals surface area contributed by atoms with E-state index in [1.165, 1.54) is 4.88 Å². The molecule has 0 bridgehead atoms. The highest BCUT2D eigenvalue weighted by Gasteiger charge is 2.35. The molecule has 1 aromatic rings. The highest BCUT2D eigenvalue weighted by molar-refractivity contribution is 7.09. The van der Waals surface area contributed by atoms with Gasteiger partial charge in [0.15, 0.2) is 0 Å². The molecule has 1 saturated carbocycles. The SMILES string of the molecule is CC(Cc1cccs1)NC(=O)N(CC1CCOC1)C1CC1. The third kappa shape index (κ3) is 4.20. The third-order valence-corrected chi connectivity index (χ3v) is 5.08. The zero-order valence-corrected chi connectivity index (χ0v) is 13.4. The van der Waals surface area contributed by atoms with Crippen molar-refractivity contribution in [2.24, 2.45) is 5.92 Å². The van der Waals surface area contributed by atoms with E-state index < -0.39 is 0 Å². The standard InChI is InChI=1S/C16H24N2O2S/c1-12(9-15-3-2-8-21-15)17-16(19)18(14-4-5-14)10-13-6-7-20-11-13/h2-3,8,12-14H,4-7,9-11H2,1H3,(H,17,19). The second-order valence-electron chi connectivity index (χ2n) is 6.25. The van der Waals surface area contributed by atoms with Crippen molar-refractivity contribution in [3.63, 3.8) is 0 Å². The molecule has 2 unspecified atom stereocenters. The van der Waals surface area contributed by atoms with E-state index >= 15 is 0 Å². The van der Waals surface area contributed by atoms with Crippen molar-refractivity contribution in [2.45, 2.75) is 44.7 Å². The van der Waals surface area contributed by atoms with E-state index in [1.807, 2.05) is 4.90 Å². The Morgan fingerprint density at radius 2 is 2.38 bits per heavy atom. The summed E-state index contributed by atoms with van der Waals surface area (Å²) < 4.78 is 5.43. The smallest absolute Gasteiger partial charge is 0.317 e. The summed E-state index contributed by atoms with van der Waals surface area (Å²) in [5.74, 6) is 0.518. The molecular formula is C16H24N2O2S. The molecule has 3 rings (SSSR count). The monoisotopic (exact) mass is 308 g/mol. The van der Waals surface area contributed by atoms with E-state index in [4.69, 9.17) is 4.74 Å². The fourth-order valence-electron chi connectivity index (χ4n) is 2.86. The van der Waals surface area contributed by atoms with Crippen LogP contribution in [0, 0.1) is 5.92 Å². The van der Waals surface area contributed by atoms with Crippen LogP contribution in [0.2, 0.25) is 0 Å². The van der Waals surface area contributed by atoms with E-state index in [-0.39, 0.29) is 12.1 Å². The van der Waals surface area contributed by atoms with Crippen LogP contribution in [0.1, 0.15) is 31.1 Å². The number of amides is 2. The lowest BCUT2D eigenvalue weighted by Crippen LogP contribution is -2.47. The summed E-state index contributed by atoms with van der Waals surface area (Å²) in [6.45, 7) is 4.59. The van der Waals surface area contributed by atoms with Crippen molar-refractivity contribution in [3.05, 3.63) is 22.4 Å². The Morgan fingerprint density at radius 3 is 3.00 bits per heavy atom. The fourth-order valence-corrected chi connectivity index (χ4v) is 3.70. The van der Waals surface area contributed by atoms with Crippen LogP contribution < -0.4 is 5.32 Å². The van der Waals surface area contributed by atoms with Crippen LogP contribution in [-0.2, 0) is 11.2 Å². The maximum atomic E-state index is 12.5. The number of urea groups is 1. The van der Waals surface area contributed by atoms with Gasteiger partial charge in [-0.15, -0.1) is 11.3 Å². The normalized spacial score (nSPS) is 23.0. The molecule has 0 aromatic carbocycles. The van der Waals surface area contributed by atoms with Gasteiger partial charge in [-0.1, -0.05) is 6.07 Å². The largest absolute Gasteiger partial charge is 0.381 e. The minimum atomic E-state index is 0.105. The summed E-state index contributed by atoms with van der Waals surface area (Å²) in [6.07, 6.45) is 4.30. The van der Waals surface area contributed by atoms with Crippen LogP contribution >= 0.6 is 11.3 Å². The maximum Gasteiger partial charge on any atom is 0.317 e. The van der Waals surface area contributed by atoms with Gasteiger partial charge in [0.25, 0.3) is 0 Å². The van der Waals surface area contributed by atoms with Crippen LogP contribution in [0.4, 0.5) is 4.79 Å². The van der Waals surface area contributed by atoms with Crippen LogP contribution in [0.25, 0.3) is 0 Å². The van der Waals surface area contributed by atoms with Gasteiger partial charge in [-0.2, -0.15) is 0 Å². The Bertz CT molecular complexity index is 453. The third-order valence-electron chi connectivity index (χ3n) is 4.18. The average Bonchev–Trinajstić information content (AvgIpc) is 2.94. The van der Waals surface area contributed by atoms with E-state index in [2.05, 4.69) is 29.8 Å². The second kappa shape index (κ2) is 6.79. The number of thiophene rings is 1. The molecule has 1 saturated heterocycles. The Labute approximate surface area is 130 Å². The molecule has 0 radical (unpaired) electrons. The van der Waals surface area contributed by atoms with Gasteiger partial charge in [0.05, 0.1) is 6.61 Å². The van der Waals surface area contributed by atoms with E-state index in [0.717, 1.165) is 45.4 Å². The summed E-state index contributed by atoms with van der Waals surface area (Å²) in [7, 11) is 0. The molecular weight excluding hydrogens is 284 g/mol. The molecule has 1 aliphatic heterocycles. The molecule has 21 heavy (non-hydrogen) atoms. The Hall–Kier alpha value is -1.07. The Morgan fingerprint density at radius 1 is 1.52 bits per heavy atom. The number of rotatable bonds is 6. The van der Waals surface area contributed by atoms with Gasteiger partial charge in [-0.05, 0) is 37.6 Å². The van der Waals surface area contributed by atoms with Crippen LogP contribution in [-0.4, -0.2) is 42.8 Å². The molecule has 4 nitrogen and oxygen atoms in total. The van der Waals surface area contributed by atoms with Crippen molar-refractivity contribution in [1.29, 1.82) is 0 Å². The Kier molecular flexibility index (Phi) is 4.80. The number of nitrogens with one attached hydrogen (secondary N) is 1. The average molecular weight is 308 g/mol. The number of carbonyl (C=O) groups is 1. The molecule has 2 heterocycles. The van der Waals surface area contributed by atoms with Crippen molar-refractivity contribution in [3.8, 4) is 0 Å². The zero-order valence-electron chi connectivity index (χ0n) is 12.6. The number of carbonyl (C=O) groups excluding carboxylic acids is 1. The molecule has 1 N–H and O–H groups in total. The molecule has 5 heteroatoms. The number of ether oxygens (including phenoxy) is 1. The maximum absolute atomic E-state index is 12.5. The predicted octanol–water partition coefficient (Wildman–Crippen LogP) is 2.89. The van der Waals surface area contributed by atoms with Crippen molar-refractivity contribution >= 4 is 17.4 Å². The van der Waals surface area contributed by atoms with Crippen LogP contribution in [0.15, 0.2) is 17.5 Å². The first-order valence-corrected chi connectivity index (χ1v) is 8.77. The zero-order chi connectivity index (χ0) is 14.7. The van der Waals surface area contributed by atoms with Gasteiger partial charge in [0.2, 0.25) is 0 Å². The van der Waals surface area contributed by atoms with Gasteiger partial charge < -0.3 is 15.0 Å². The van der Waals surface area contributed by atoms with Gasteiger partial charge in [-0.25, -0.2) is 4.79 Å². The Balaban J connectivity index is 1.51. The van der Waals surface area contributed by atoms with Gasteiger partial charge in [0, 0.05) is 42.5 Å². The highest BCUT2D eigenvalue weighted by Crippen LogP contribution is 2.29. The van der Waals surface area contributed by atoms with Crippen molar-refractivity contribution < 1.29 is 9.53 Å².